The Morgan fingerprint density at radius 2 is 2.00 bits per heavy atom. The summed E-state index contributed by atoms with van der Waals surface area (Å²) < 4.78 is 0. The average Bonchev–Trinajstić information content (AvgIpc) is 1.65. The zero-order valence-electron chi connectivity index (χ0n) is 5.36. The van der Waals surface area contributed by atoms with Gasteiger partial charge in [-0.3, -0.25) is 0 Å². The van der Waals surface area contributed by atoms with Crippen LogP contribution in [0.5, 0.6) is 0 Å². The first-order chi connectivity index (χ1) is 3.18. The lowest BCUT2D eigenvalue weighted by Gasteiger charge is -2.08. The summed E-state index contributed by atoms with van der Waals surface area (Å²) >= 11 is 0. The topological polar surface area (TPSA) is 26.0 Å². The molecule has 1 radical (unpaired) electrons. The van der Waals surface area contributed by atoms with E-state index in [0.29, 0.717) is 5.67 Å². The third kappa shape index (κ3) is 2.82. The Morgan fingerprint density at radius 3 is 2.00 bits per heavy atom. The van der Waals surface area contributed by atoms with Crippen LogP contribution in [0.3, 0.4) is 0 Å². The van der Waals surface area contributed by atoms with E-state index in [0.717, 1.165) is 6.42 Å². The summed E-state index contributed by atoms with van der Waals surface area (Å²) in [5, 5.41) is 0. The molecule has 1 atom stereocenters. The van der Waals surface area contributed by atoms with Crippen molar-refractivity contribution in [3.8, 4) is 0 Å². The van der Waals surface area contributed by atoms with Crippen molar-refractivity contribution in [2.45, 2.75) is 32.1 Å². The number of nitrogens with two attached hydrogens (primary N) is 1. The van der Waals surface area contributed by atoms with E-state index in [4.69, 9.17) is 5.73 Å². The van der Waals surface area contributed by atoms with Gasteiger partial charge in [0.25, 0.3) is 0 Å². The quantitative estimate of drug-likeness (QED) is 0.535. The first kappa shape index (κ1) is 7.18. The monoisotopic (exact) mass is 116 g/mol. The minimum Gasteiger partial charge on any atom is -0.331 e. The second-order valence-electron chi connectivity index (χ2n) is 2.09. The predicted octanol–water partition coefficient (Wildman–Crippen LogP) is 1.02. The van der Waals surface area contributed by atoms with Crippen LogP contribution < -0.4 is 5.73 Å². The normalized spacial score (nSPS) is 15.0. The van der Waals surface area contributed by atoms with Gasteiger partial charge in [-0.1, -0.05) is 20.0 Å². The van der Waals surface area contributed by atoms with Crippen LogP contribution in [0.2, 0.25) is 13.1 Å². The molecule has 0 aliphatic heterocycles. The molecule has 2 N–H and O–H groups in total. The highest BCUT2D eigenvalue weighted by molar-refractivity contribution is 6.57. The molecule has 1 unspecified atom stereocenters. The highest BCUT2D eigenvalue weighted by atomic mass is 28.3. The Kier molecular flexibility index (Phi) is 3.30. The highest BCUT2D eigenvalue weighted by Gasteiger charge is 2.03. The molecule has 0 aliphatic rings. The van der Waals surface area contributed by atoms with Crippen molar-refractivity contribution >= 4 is 8.80 Å². The van der Waals surface area contributed by atoms with Crippen LogP contribution in [-0.2, 0) is 0 Å². The van der Waals surface area contributed by atoms with Gasteiger partial charge in [0.15, 0.2) is 0 Å². The molecule has 0 spiro atoms. The van der Waals surface area contributed by atoms with E-state index >= 15 is 0 Å². The molecular formula is C5H14NSi. The van der Waals surface area contributed by atoms with E-state index in [1.54, 1.807) is 0 Å². The Bertz CT molecular complexity index is 45.3. The van der Waals surface area contributed by atoms with E-state index < -0.39 is 0 Å². The van der Waals surface area contributed by atoms with Gasteiger partial charge in [-0.25, -0.2) is 0 Å². The summed E-state index contributed by atoms with van der Waals surface area (Å²) in [7, 11) is -0.185. The average molecular weight is 116 g/mol. The van der Waals surface area contributed by atoms with Gasteiger partial charge in [-0.05, 0) is 12.1 Å². The maximum atomic E-state index is 5.66. The molecule has 0 aromatic rings. The van der Waals surface area contributed by atoms with Gasteiger partial charge < -0.3 is 5.73 Å². The fraction of sp³-hybridized carbons (Fsp3) is 1.00. The van der Waals surface area contributed by atoms with Crippen LogP contribution in [0.1, 0.15) is 13.3 Å². The fourth-order valence-electron chi connectivity index (χ4n) is 0.408. The Balaban J connectivity index is 3.14. The molecule has 0 aliphatic carbocycles. The van der Waals surface area contributed by atoms with Crippen LogP contribution in [0.4, 0.5) is 0 Å². The van der Waals surface area contributed by atoms with E-state index in [1.807, 2.05) is 0 Å². The molecule has 0 rings (SSSR count). The maximum absolute atomic E-state index is 5.66. The van der Waals surface area contributed by atoms with Gasteiger partial charge >= 0.3 is 0 Å². The molecule has 0 saturated carbocycles. The second kappa shape index (κ2) is 3.21. The molecule has 2 heteroatoms. The minimum atomic E-state index is -0.185. The van der Waals surface area contributed by atoms with Crippen LogP contribution in [-0.4, -0.2) is 14.5 Å². The molecule has 0 saturated heterocycles. The van der Waals surface area contributed by atoms with Crippen LogP contribution in [0, 0.1) is 0 Å². The van der Waals surface area contributed by atoms with Crippen molar-refractivity contribution in [1.29, 1.82) is 0 Å². The zero-order chi connectivity index (χ0) is 5.86. The van der Waals surface area contributed by atoms with Crippen molar-refractivity contribution in [1.82, 2.24) is 0 Å². The van der Waals surface area contributed by atoms with E-state index in [-0.39, 0.29) is 8.80 Å². The van der Waals surface area contributed by atoms with Crippen LogP contribution >= 0.6 is 0 Å². The molecule has 0 heterocycles. The molecule has 0 amide bonds. The Labute approximate surface area is 47.5 Å². The molecule has 0 bridgehead atoms. The standard InChI is InChI=1S/C5H14NSi/c1-4-5(6)7(2)3/h5H,4,6H2,1-3H3. The number of rotatable bonds is 2. The van der Waals surface area contributed by atoms with Crippen molar-refractivity contribution in [3.63, 3.8) is 0 Å². The summed E-state index contributed by atoms with van der Waals surface area (Å²) in [6.07, 6.45) is 1.14. The van der Waals surface area contributed by atoms with Gasteiger partial charge in [-0.2, -0.15) is 0 Å². The first-order valence-corrected chi connectivity index (χ1v) is 5.31. The Morgan fingerprint density at radius 1 is 1.57 bits per heavy atom. The van der Waals surface area contributed by atoms with Crippen LogP contribution in [0.15, 0.2) is 0 Å². The Hall–Kier alpha value is 0.177. The summed E-state index contributed by atoms with van der Waals surface area (Å²) in [5.41, 5.74) is 6.17. The molecule has 0 aromatic heterocycles. The summed E-state index contributed by atoms with van der Waals surface area (Å²) in [6, 6.07) is 0. The van der Waals surface area contributed by atoms with E-state index in [1.165, 1.54) is 0 Å². The molecule has 1 nitrogen and oxygen atoms in total. The molecule has 43 valence electrons. The molecule has 0 aromatic carbocycles. The summed E-state index contributed by atoms with van der Waals surface area (Å²) in [4.78, 5) is 0. The van der Waals surface area contributed by atoms with E-state index in [9.17, 15) is 0 Å². The smallest absolute Gasteiger partial charge is 0.0619 e. The summed E-state index contributed by atoms with van der Waals surface area (Å²) in [5.74, 6) is 0. The largest absolute Gasteiger partial charge is 0.331 e. The number of hydrogen-bond acceptors (Lipinski definition) is 1. The lowest BCUT2D eigenvalue weighted by Crippen LogP contribution is -2.32. The fourth-order valence-corrected chi connectivity index (χ4v) is 1.22. The SMILES string of the molecule is CCC(N)[Si](C)C. The van der Waals surface area contributed by atoms with Crippen molar-refractivity contribution in [3.05, 3.63) is 0 Å². The zero-order valence-corrected chi connectivity index (χ0v) is 6.36. The third-order valence-corrected chi connectivity index (χ3v) is 3.07. The lowest BCUT2D eigenvalue weighted by molar-refractivity contribution is 0.835. The maximum Gasteiger partial charge on any atom is 0.0619 e. The third-order valence-electron chi connectivity index (χ3n) is 1.18. The van der Waals surface area contributed by atoms with Gasteiger partial charge in [0.2, 0.25) is 0 Å². The molecular weight excluding hydrogens is 102 g/mol. The predicted molar refractivity (Wildman–Crippen MR) is 35.7 cm³/mol. The molecule has 0 fully saturated rings. The van der Waals surface area contributed by atoms with Gasteiger partial charge in [0, 0.05) is 0 Å². The molecule has 7 heavy (non-hydrogen) atoms. The minimum absolute atomic E-state index is 0.185. The van der Waals surface area contributed by atoms with Crippen molar-refractivity contribution in [2.24, 2.45) is 5.73 Å². The van der Waals surface area contributed by atoms with Crippen molar-refractivity contribution in [2.75, 3.05) is 0 Å². The van der Waals surface area contributed by atoms with Crippen molar-refractivity contribution < 1.29 is 0 Å². The highest BCUT2D eigenvalue weighted by Crippen LogP contribution is 1.90. The lowest BCUT2D eigenvalue weighted by atomic mass is 10.5. The number of hydrogen-bond donors (Lipinski definition) is 1. The summed E-state index contributed by atoms with van der Waals surface area (Å²) in [6.45, 7) is 6.64. The van der Waals surface area contributed by atoms with Gasteiger partial charge in [-0.15, -0.1) is 0 Å². The first-order valence-electron chi connectivity index (χ1n) is 2.74. The van der Waals surface area contributed by atoms with Crippen LogP contribution in [0.25, 0.3) is 0 Å². The van der Waals surface area contributed by atoms with Gasteiger partial charge in [0.1, 0.15) is 0 Å². The van der Waals surface area contributed by atoms with Gasteiger partial charge in [0.05, 0.1) is 8.80 Å². The second-order valence-corrected chi connectivity index (χ2v) is 4.99. The van der Waals surface area contributed by atoms with E-state index in [2.05, 4.69) is 20.0 Å².